The summed E-state index contributed by atoms with van der Waals surface area (Å²) in [6.45, 7) is 4.03. The number of hydrogen-bond acceptors (Lipinski definition) is 4. The third-order valence-corrected chi connectivity index (χ3v) is 1.69. The Morgan fingerprint density at radius 3 is 3.15 bits per heavy atom. The summed E-state index contributed by atoms with van der Waals surface area (Å²) in [6.07, 6.45) is 3.01. The summed E-state index contributed by atoms with van der Waals surface area (Å²) in [5.74, 6) is 0.649. The molecule has 4 nitrogen and oxygen atoms in total. The number of ether oxygens (including phenoxy) is 1. The first-order valence-corrected chi connectivity index (χ1v) is 4.49. The van der Waals surface area contributed by atoms with Gasteiger partial charge in [0.1, 0.15) is 17.2 Å². The van der Waals surface area contributed by atoms with E-state index in [1.165, 1.54) is 6.33 Å². The van der Waals surface area contributed by atoms with Gasteiger partial charge in [-0.15, -0.1) is 0 Å². The summed E-state index contributed by atoms with van der Waals surface area (Å²) < 4.78 is 5.15. The zero-order valence-electron chi connectivity index (χ0n) is 7.46. The van der Waals surface area contributed by atoms with Crippen LogP contribution in [0.4, 0.5) is 5.82 Å². The van der Waals surface area contributed by atoms with Gasteiger partial charge in [0.2, 0.25) is 0 Å². The zero-order chi connectivity index (χ0) is 9.52. The van der Waals surface area contributed by atoms with E-state index in [0.717, 1.165) is 6.61 Å². The van der Waals surface area contributed by atoms with Crippen LogP contribution in [0.15, 0.2) is 12.5 Å². The van der Waals surface area contributed by atoms with Crippen molar-refractivity contribution in [3.05, 3.63) is 17.5 Å². The molecule has 0 bridgehead atoms. The first kappa shape index (κ1) is 10.2. The van der Waals surface area contributed by atoms with E-state index < -0.39 is 0 Å². The number of aromatic nitrogens is 2. The Bertz CT molecular complexity index is 257. The molecule has 13 heavy (non-hydrogen) atoms. The van der Waals surface area contributed by atoms with Gasteiger partial charge in [-0.3, -0.25) is 0 Å². The Labute approximate surface area is 82.3 Å². The van der Waals surface area contributed by atoms with Crippen LogP contribution < -0.4 is 5.32 Å². The Hall–Kier alpha value is -0.870. The number of halogens is 1. The van der Waals surface area contributed by atoms with Crippen molar-refractivity contribution in [3.63, 3.8) is 0 Å². The standard InChI is InChI=1S/C8H12ClN3O/c1-2-13-4-3-11-8-7(9)5-10-6-12-8/h5-6H,2-4H2,1H3,(H,10,11,12). The molecule has 0 unspecified atom stereocenters. The van der Waals surface area contributed by atoms with Gasteiger partial charge in [-0.1, -0.05) is 11.6 Å². The smallest absolute Gasteiger partial charge is 0.148 e. The highest BCUT2D eigenvalue weighted by Gasteiger charge is 1.98. The van der Waals surface area contributed by atoms with Gasteiger partial charge in [-0.25, -0.2) is 9.97 Å². The lowest BCUT2D eigenvalue weighted by molar-refractivity contribution is 0.158. The Kier molecular flexibility index (Phi) is 4.49. The molecule has 0 aromatic carbocycles. The molecule has 0 aliphatic rings. The molecule has 1 aromatic rings. The van der Waals surface area contributed by atoms with Crippen LogP contribution in [-0.4, -0.2) is 29.7 Å². The highest BCUT2D eigenvalue weighted by atomic mass is 35.5. The molecule has 0 spiro atoms. The molecule has 0 saturated carbocycles. The minimum Gasteiger partial charge on any atom is -0.380 e. The van der Waals surface area contributed by atoms with Gasteiger partial charge in [0.15, 0.2) is 0 Å². The van der Waals surface area contributed by atoms with E-state index in [4.69, 9.17) is 16.3 Å². The molecule has 0 aliphatic heterocycles. The van der Waals surface area contributed by atoms with Crippen molar-refractivity contribution in [1.82, 2.24) is 9.97 Å². The van der Waals surface area contributed by atoms with Crippen LogP contribution in [0.5, 0.6) is 0 Å². The fraction of sp³-hybridized carbons (Fsp3) is 0.500. The monoisotopic (exact) mass is 201 g/mol. The molecule has 1 rings (SSSR count). The Morgan fingerprint density at radius 2 is 2.46 bits per heavy atom. The van der Waals surface area contributed by atoms with Gasteiger partial charge < -0.3 is 10.1 Å². The van der Waals surface area contributed by atoms with Crippen molar-refractivity contribution in [1.29, 1.82) is 0 Å². The second kappa shape index (κ2) is 5.72. The average molecular weight is 202 g/mol. The van der Waals surface area contributed by atoms with Gasteiger partial charge in [-0.2, -0.15) is 0 Å². The molecular weight excluding hydrogens is 190 g/mol. The van der Waals surface area contributed by atoms with Crippen LogP contribution in [-0.2, 0) is 4.74 Å². The molecule has 0 fully saturated rings. The predicted octanol–water partition coefficient (Wildman–Crippen LogP) is 1.58. The Balaban J connectivity index is 2.32. The summed E-state index contributed by atoms with van der Waals surface area (Å²) >= 11 is 5.81. The predicted molar refractivity (Wildman–Crippen MR) is 52.0 cm³/mol. The molecule has 0 saturated heterocycles. The van der Waals surface area contributed by atoms with Gasteiger partial charge in [0.05, 0.1) is 12.8 Å². The number of rotatable bonds is 5. The summed E-state index contributed by atoms with van der Waals surface area (Å²) in [5, 5.41) is 3.57. The molecule has 0 aliphatic carbocycles. The van der Waals surface area contributed by atoms with Crippen molar-refractivity contribution in [2.24, 2.45) is 0 Å². The maximum absolute atomic E-state index is 5.81. The number of anilines is 1. The van der Waals surface area contributed by atoms with Gasteiger partial charge >= 0.3 is 0 Å². The molecule has 72 valence electrons. The first-order valence-electron chi connectivity index (χ1n) is 4.11. The van der Waals surface area contributed by atoms with Crippen molar-refractivity contribution in [3.8, 4) is 0 Å². The first-order chi connectivity index (χ1) is 6.34. The van der Waals surface area contributed by atoms with Gasteiger partial charge in [-0.05, 0) is 6.92 Å². The fourth-order valence-corrected chi connectivity index (χ4v) is 1.00. The molecule has 1 heterocycles. The minimum absolute atomic E-state index is 0.527. The number of nitrogens with zero attached hydrogens (tertiary/aromatic N) is 2. The van der Waals surface area contributed by atoms with Gasteiger partial charge in [0.25, 0.3) is 0 Å². The normalized spacial score (nSPS) is 10.0. The van der Waals surface area contributed by atoms with Crippen molar-refractivity contribution < 1.29 is 4.74 Å². The maximum atomic E-state index is 5.81. The summed E-state index contributed by atoms with van der Waals surface area (Å²) in [5.41, 5.74) is 0. The number of nitrogens with one attached hydrogen (secondary N) is 1. The van der Waals surface area contributed by atoms with Crippen molar-refractivity contribution >= 4 is 17.4 Å². The van der Waals surface area contributed by atoms with E-state index in [1.807, 2.05) is 6.92 Å². The van der Waals surface area contributed by atoms with E-state index in [-0.39, 0.29) is 0 Å². The molecule has 0 amide bonds. The third-order valence-electron chi connectivity index (χ3n) is 1.41. The second-order valence-corrected chi connectivity index (χ2v) is 2.75. The third kappa shape index (κ3) is 3.57. The van der Waals surface area contributed by atoms with E-state index in [1.54, 1.807) is 6.20 Å². The average Bonchev–Trinajstić information content (AvgIpc) is 2.15. The van der Waals surface area contributed by atoms with Crippen LogP contribution in [0.2, 0.25) is 5.02 Å². The van der Waals surface area contributed by atoms with Crippen molar-refractivity contribution in [2.75, 3.05) is 25.1 Å². The molecule has 1 N–H and O–H groups in total. The van der Waals surface area contributed by atoms with Crippen LogP contribution in [0.25, 0.3) is 0 Å². The highest BCUT2D eigenvalue weighted by Crippen LogP contribution is 2.15. The number of hydrogen-bond donors (Lipinski definition) is 1. The second-order valence-electron chi connectivity index (χ2n) is 2.34. The van der Waals surface area contributed by atoms with E-state index in [0.29, 0.717) is 24.0 Å². The summed E-state index contributed by atoms with van der Waals surface area (Å²) in [4.78, 5) is 7.74. The quantitative estimate of drug-likeness (QED) is 0.735. The van der Waals surface area contributed by atoms with E-state index in [9.17, 15) is 0 Å². The largest absolute Gasteiger partial charge is 0.380 e. The SMILES string of the molecule is CCOCCNc1ncncc1Cl. The summed E-state index contributed by atoms with van der Waals surface area (Å²) in [6, 6.07) is 0. The highest BCUT2D eigenvalue weighted by molar-refractivity contribution is 6.32. The topological polar surface area (TPSA) is 47.0 Å². The lowest BCUT2D eigenvalue weighted by atomic mass is 10.5. The molecule has 5 heteroatoms. The minimum atomic E-state index is 0.527. The van der Waals surface area contributed by atoms with Crippen LogP contribution in [0.3, 0.4) is 0 Å². The van der Waals surface area contributed by atoms with Gasteiger partial charge in [0, 0.05) is 13.2 Å². The summed E-state index contributed by atoms with van der Waals surface area (Å²) in [7, 11) is 0. The van der Waals surface area contributed by atoms with Crippen molar-refractivity contribution in [2.45, 2.75) is 6.92 Å². The molecule has 0 atom stereocenters. The van der Waals surface area contributed by atoms with Crippen LogP contribution in [0, 0.1) is 0 Å². The lowest BCUT2D eigenvalue weighted by Crippen LogP contribution is -2.10. The molecule has 0 radical (unpaired) electrons. The molecule has 1 aromatic heterocycles. The van der Waals surface area contributed by atoms with E-state index in [2.05, 4.69) is 15.3 Å². The Morgan fingerprint density at radius 1 is 1.62 bits per heavy atom. The zero-order valence-corrected chi connectivity index (χ0v) is 8.21. The maximum Gasteiger partial charge on any atom is 0.148 e. The van der Waals surface area contributed by atoms with Crippen LogP contribution in [0.1, 0.15) is 6.92 Å². The fourth-order valence-electron chi connectivity index (χ4n) is 0.829. The lowest BCUT2D eigenvalue weighted by Gasteiger charge is -2.05. The van der Waals surface area contributed by atoms with Crippen LogP contribution >= 0.6 is 11.6 Å². The molecular formula is C8H12ClN3O. The van der Waals surface area contributed by atoms with E-state index >= 15 is 0 Å².